The van der Waals surface area contributed by atoms with E-state index in [9.17, 15) is 18.8 Å². The average Bonchev–Trinajstić information content (AvgIpc) is 2.86. The van der Waals surface area contributed by atoms with Gasteiger partial charge in [-0.25, -0.2) is 4.39 Å². The maximum Gasteiger partial charge on any atom is 0.293 e. The summed E-state index contributed by atoms with van der Waals surface area (Å²) in [4.78, 5) is 38.3. The molecule has 2 fully saturated rings. The molecule has 0 aromatic heterocycles. The second-order valence-corrected chi connectivity index (χ2v) is 7.86. The molecule has 7 heteroatoms. The number of imide groups is 1. The van der Waals surface area contributed by atoms with E-state index in [1.165, 1.54) is 25.0 Å². The number of rotatable bonds is 5. The largest absolute Gasteiger partial charge is 0.354 e. The van der Waals surface area contributed by atoms with Crippen LogP contribution in [-0.2, 0) is 9.59 Å². The number of amides is 3. The van der Waals surface area contributed by atoms with Crippen LogP contribution in [0.1, 0.15) is 44.1 Å². The van der Waals surface area contributed by atoms with E-state index in [2.05, 4.69) is 5.32 Å². The molecule has 0 spiro atoms. The van der Waals surface area contributed by atoms with Crippen molar-refractivity contribution in [2.24, 2.45) is 5.92 Å². The Kier molecular flexibility index (Phi) is 6.66. The molecule has 0 atom stereocenters. The number of benzene rings is 1. The molecule has 144 valence electrons. The molecule has 1 N–H and O–H groups in total. The van der Waals surface area contributed by atoms with Gasteiger partial charge in [-0.2, -0.15) is 0 Å². The fourth-order valence-corrected chi connectivity index (χ4v) is 4.24. The van der Waals surface area contributed by atoms with Gasteiger partial charge >= 0.3 is 0 Å². The summed E-state index contributed by atoms with van der Waals surface area (Å²) in [6, 6.07) is 5.71. The third kappa shape index (κ3) is 5.19. The van der Waals surface area contributed by atoms with Gasteiger partial charge in [0.1, 0.15) is 5.82 Å². The molecule has 27 heavy (non-hydrogen) atoms. The first kappa shape index (κ1) is 19.6. The Labute approximate surface area is 162 Å². The van der Waals surface area contributed by atoms with Gasteiger partial charge in [0.25, 0.3) is 11.1 Å². The van der Waals surface area contributed by atoms with Crippen molar-refractivity contribution in [3.63, 3.8) is 0 Å². The summed E-state index contributed by atoms with van der Waals surface area (Å²) in [5.41, 5.74) is 0.656. The van der Waals surface area contributed by atoms with Crippen LogP contribution in [0.2, 0.25) is 0 Å². The highest BCUT2D eigenvalue weighted by atomic mass is 32.2. The highest BCUT2D eigenvalue weighted by Crippen LogP contribution is 2.32. The number of carbonyl (C=O) groups excluding carboxylic acids is 3. The van der Waals surface area contributed by atoms with Crippen molar-refractivity contribution in [2.45, 2.75) is 38.5 Å². The molecule has 1 heterocycles. The Bertz CT molecular complexity index is 740. The second-order valence-electron chi connectivity index (χ2n) is 6.86. The van der Waals surface area contributed by atoms with Gasteiger partial charge in [-0.05, 0) is 48.4 Å². The maximum absolute atomic E-state index is 13.0. The molecule has 0 radical (unpaired) electrons. The van der Waals surface area contributed by atoms with E-state index in [0.29, 0.717) is 10.5 Å². The Morgan fingerprint density at radius 3 is 2.48 bits per heavy atom. The standard InChI is InChI=1S/C20H23FN2O3S/c21-16-9-7-14(8-10-16)13-17-19(25)23(20(26)27-17)12-11-22-18(24)15-5-3-1-2-4-6-15/h7-10,13,15H,1-6,11-12H2,(H,22,24)/b17-13-. The lowest BCUT2D eigenvalue weighted by Crippen LogP contribution is -2.39. The zero-order valence-corrected chi connectivity index (χ0v) is 15.9. The lowest BCUT2D eigenvalue weighted by molar-refractivity contribution is -0.126. The normalized spacial score (nSPS) is 20.2. The molecule has 1 saturated carbocycles. The van der Waals surface area contributed by atoms with E-state index in [1.807, 2.05) is 0 Å². The monoisotopic (exact) mass is 390 g/mol. The molecule has 1 aliphatic heterocycles. The number of thioether (sulfide) groups is 1. The molecule has 2 aliphatic rings. The smallest absolute Gasteiger partial charge is 0.293 e. The van der Waals surface area contributed by atoms with Crippen LogP contribution in [-0.4, -0.2) is 35.0 Å². The minimum absolute atomic E-state index is 0.0192. The first-order valence-electron chi connectivity index (χ1n) is 9.33. The summed E-state index contributed by atoms with van der Waals surface area (Å²) < 4.78 is 13.0. The van der Waals surface area contributed by atoms with Gasteiger partial charge in [0.15, 0.2) is 0 Å². The Balaban J connectivity index is 1.53. The molecule has 0 unspecified atom stereocenters. The molecular weight excluding hydrogens is 367 g/mol. The van der Waals surface area contributed by atoms with E-state index >= 15 is 0 Å². The number of nitrogens with zero attached hydrogens (tertiary/aromatic N) is 1. The summed E-state index contributed by atoms with van der Waals surface area (Å²) in [5.74, 6) is -0.672. The first-order chi connectivity index (χ1) is 13.0. The Morgan fingerprint density at radius 1 is 1.15 bits per heavy atom. The third-order valence-electron chi connectivity index (χ3n) is 4.90. The van der Waals surface area contributed by atoms with Crippen molar-refractivity contribution in [2.75, 3.05) is 13.1 Å². The van der Waals surface area contributed by atoms with Crippen molar-refractivity contribution in [1.82, 2.24) is 10.2 Å². The SMILES string of the molecule is O=C(NCCN1C(=O)S/C(=C\c2ccc(F)cc2)C1=O)C1CCCCCC1. The maximum atomic E-state index is 13.0. The van der Waals surface area contributed by atoms with Crippen LogP contribution in [0.25, 0.3) is 6.08 Å². The van der Waals surface area contributed by atoms with Gasteiger partial charge in [-0.1, -0.05) is 37.8 Å². The fourth-order valence-electron chi connectivity index (χ4n) is 3.38. The summed E-state index contributed by atoms with van der Waals surface area (Å²) in [6.45, 7) is 0.418. The van der Waals surface area contributed by atoms with Crippen LogP contribution in [0.5, 0.6) is 0 Å². The lowest BCUT2D eigenvalue weighted by Gasteiger charge is -2.16. The topological polar surface area (TPSA) is 66.5 Å². The quantitative estimate of drug-likeness (QED) is 0.611. The minimum Gasteiger partial charge on any atom is -0.354 e. The third-order valence-corrected chi connectivity index (χ3v) is 5.81. The van der Waals surface area contributed by atoms with E-state index < -0.39 is 0 Å². The number of nitrogens with one attached hydrogen (secondary N) is 1. The average molecular weight is 390 g/mol. The van der Waals surface area contributed by atoms with Gasteiger partial charge in [-0.3, -0.25) is 19.3 Å². The van der Waals surface area contributed by atoms with Gasteiger partial charge < -0.3 is 5.32 Å². The molecule has 1 aliphatic carbocycles. The zero-order valence-electron chi connectivity index (χ0n) is 15.1. The minimum atomic E-state index is -0.377. The van der Waals surface area contributed by atoms with Gasteiger partial charge in [0.2, 0.25) is 5.91 Å². The number of hydrogen-bond donors (Lipinski definition) is 1. The van der Waals surface area contributed by atoms with Crippen LogP contribution in [0.4, 0.5) is 9.18 Å². The molecule has 1 aromatic rings. The summed E-state index contributed by atoms with van der Waals surface area (Å²) in [6.07, 6.45) is 7.92. The van der Waals surface area contributed by atoms with Crippen molar-refractivity contribution >= 4 is 34.9 Å². The van der Waals surface area contributed by atoms with Crippen LogP contribution < -0.4 is 5.32 Å². The molecule has 3 rings (SSSR count). The molecule has 0 bridgehead atoms. The highest BCUT2D eigenvalue weighted by Gasteiger charge is 2.34. The molecule has 5 nitrogen and oxygen atoms in total. The predicted octanol–water partition coefficient (Wildman–Crippen LogP) is 3.95. The summed E-state index contributed by atoms with van der Waals surface area (Å²) in [5, 5.41) is 2.51. The Morgan fingerprint density at radius 2 is 1.81 bits per heavy atom. The van der Waals surface area contributed by atoms with E-state index in [0.717, 1.165) is 42.3 Å². The van der Waals surface area contributed by atoms with Crippen molar-refractivity contribution in [1.29, 1.82) is 0 Å². The van der Waals surface area contributed by atoms with Gasteiger partial charge in [-0.15, -0.1) is 0 Å². The van der Waals surface area contributed by atoms with Crippen LogP contribution in [0.15, 0.2) is 29.2 Å². The summed E-state index contributed by atoms with van der Waals surface area (Å²) >= 11 is 0.863. The van der Waals surface area contributed by atoms with Gasteiger partial charge in [0, 0.05) is 19.0 Å². The van der Waals surface area contributed by atoms with E-state index in [-0.39, 0.29) is 41.9 Å². The first-order valence-corrected chi connectivity index (χ1v) is 10.1. The zero-order chi connectivity index (χ0) is 19.2. The van der Waals surface area contributed by atoms with Crippen molar-refractivity contribution in [3.8, 4) is 0 Å². The lowest BCUT2D eigenvalue weighted by atomic mass is 9.99. The van der Waals surface area contributed by atoms with E-state index in [4.69, 9.17) is 0 Å². The van der Waals surface area contributed by atoms with Crippen molar-refractivity contribution in [3.05, 3.63) is 40.6 Å². The second kappa shape index (κ2) is 9.17. The van der Waals surface area contributed by atoms with E-state index in [1.54, 1.807) is 18.2 Å². The molecular formula is C20H23FN2O3S. The van der Waals surface area contributed by atoms with Crippen LogP contribution in [0, 0.1) is 11.7 Å². The van der Waals surface area contributed by atoms with Crippen LogP contribution in [0.3, 0.4) is 0 Å². The number of halogens is 1. The van der Waals surface area contributed by atoms with Gasteiger partial charge in [0.05, 0.1) is 4.91 Å². The number of hydrogen-bond acceptors (Lipinski definition) is 4. The number of carbonyl (C=O) groups is 3. The van der Waals surface area contributed by atoms with Crippen molar-refractivity contribution < 1.29 is 18.8 Å². The predicted molar refractivity (Wildman–Crippen MR) is 103 cm³/mol. The Hall–Kier alpha value is -2.15. The summed E-state index contributed by atoms with van der Waals surface area (Å²) in [7, 11) is 0. The molecule has 3 amide bonds. The molecule has 1 aromatic carbocycles. The molecule has 1 saturated heterocycles. The highest BCUT2D eigenvalue weighted by molar-refractivity contribution is 8.18. The fraction of sp³-hybridized carbons (Fsp3) is 0.450. The van der Waals surface area contributed by atoms with Crippen LogP contribution >= 0.6 is 11.8 Å².